The highest BCUT2D eigenvalue weighted by atomic mass is 35.5. The largest absolute Gasteiger partial charge is 0.492 e. The highest BCUT2D eigenvalue weighted by molar-refractivity contribution is 6.32. The Hall–Kier alpha value is -3.96. The molecule has 10 nitrogen and oxygen atoms in total. The van der Waals surface area contributed by atoms with Crippen LogP contribution in [0.25, 0.3) is 22.5 Å². The molecule has 0 atom stereocenters. The van der Waals surface area contributed by atoms with Gasteiger partial charge in [0.25, 0.3) is 0 Å². The van der Waals surface area contributed by atoms with Crippen molar-refractivity contribution in [2.24, 2.45) is 0 Å². The van der Waals surface area contributed by atoms with Crippen LogP contribution in [0.5, 0.6) is 11.5 Å². The predicted molar refractivity (Wildman–Crippen MR) is 192 cm³/mol. The average molecular weight is 692 g/mol. The molecular formula is C36H44Cl2N8O2. The van der Waals surface area contributed by atoms with E-state index in [-0.39, 0.29) is 0 Å². The molecule has 0 spiro atoms. The van der Waals surface area contributed by atoms with E-state index < -0.39 is 0 Å². The zero-order valence-corrected chi connectivity index (χ0v) is 29.7. The maximum Gasteiger partial charge on any atom is 0.137 e. The number of ether oxygens (including phenoxy) is 2. The molecule has 12 heteroatoms. The Labute approximate surface area is 293 Å². The van der Waals surface area contributed by atoms with Gasteiger partial charge in [-0.05, 0) is 89.3 Å². The maximum atomic E-state index is 6.48. The van der Waals surface area contributed by atoms with Crippen molar-refractivity contribution < 1.29 is 9.47 Å². The van der Waals surface area contributed by atoms with Crippen LogP contribution in [-0.2, 0) is 25.9 Å². The molecule has 2 heterocycles. The molecule has 0 radical (unpaired) electrons. The van der Waals surface area contributed by atoms with Crippen LogP contribution in [-0.4, -0.2) is 94.3 Å². The van der Waals surface area contributed by atoms with Gasteiger partial charge in [0.2, 0.25) is 0 Å². The zero-order valence-electron chi connectivity index (χ0n) is 28.1. The summed E-state index contributed by atoms with van der Waals surface area (Å²) in [4.78, 5) is 4.28. The molecule has 3 aromatic carbocycles. The Morgan fingerprint density at radius 3 is 1.40 bits per heavy atom. The minimum atomic E-state index is 0.629. The average Bonchev–Trinajstić information content (AvgIpc) is 3.75. The molecule has 254 valence electrons. The first kappa shape index (κ1) is 35.3. The minimum absolute atomic E-state index is 0.629. The molecule has 0 N–H and O–H groups in total. The summed E-state index contributed by atoms with van der Waals surface area (Å²) in [6.45, 7) is 4.61. The van der Waals surface area contributed by atoms with Crippen molar-refractivity contribution in [2.45, 2.75) is 38.8 Å². The Kier molecular flexibility index (Phi) is 12.8. The fourth-order valence-corrected chi connectivity index (χ4v) is 5.65. The molecule has 0 saturated heterocycles. The van der Waals surface area contributed by atoms with Gasteiger partial charge in [-0.2, -0.15) is 0 Å². The van der Waals surface area contributed by atoms with Crippen LogP contribution in [0.4, 0.5) is 0 Å². The van der Waals surface area contributed by atoms with Crippen LogP contribution in [0.15, 0.2) is 73.1 Å². The van der Waals surface area contributed by atoms with Gasteiger partial charge in [0.1, 0.15) is 22.9 Å². The lowest BCUT2D eigenvalue weighted by atomic mass is 10.1. The monoisotopic (exact) mass is 690 g/mol. The number of benzene rings is 3. The van der Waals surface area contributed by atoms with Crippen molar-refractivity contribution in [1.29, 1.82) is 0 Å². The summed E-state index contributed by atoms with van der Waals surface area (Å²) in [6.07, 6.45) is 7.39. The Bertz CT molecular complexity index is 1610. The molecule has 0 aliphatic carbocycles. The summed E-state index contributed by atoms with van der Waals surface area (Å²) in [7, 11) is 8.21. The molecule has 0 bridgehead atoms. The van der Waals surface area contributed by atoms with Gasteiger partial charge < -0.3 is 19.3 Å². The van der Waals surface area contributed by atoms with Crippen molar-refractivity contribution in [1.82, 2.24) is 39.8 Å². The van der Waals surface area contributed by atoms with E-state index in [0.29, 0.717) is 36.3 Å². The van der Waals surface area contributed by atoms with Crippen molar-refractivity contribution >= 4 is 23.2 Å². The summed E-state index contributed by atoms with van der Waals surface area (Å²) < 4.78 is 15.4. The fraction of sp³-hybridized carbons (Fsp3) is 0.389. The Morgan fingerprint density at radius 2 is 1.02 bits per heavy atom. The number of aromatic nitrogens is 6. The van der Waals surface area contributed by atoms with E-state index in [2.05, 4.69) is 70.7 Å². The third kappa shape index (κ3) is 10.5. The van der Waals surface area contributed by atoms with Gasteiger partial charge in [0.05, 0.1) is 35.7 Å². The molecule has 0 aliphatic rings. The summed E-state index contributed by atoms with van der Waals surface area (Å²) in [5.41, 5.74) is 5.83. The van der Waals surface area contributed by atoms with Crippen molar-refractivity contribution in [2.75, 3.05) is 54.5 Å². The number of hydrogen-bond acceptors (Lipinski definition) is 8. The van der Waals surface area contributed by atoms with Gasteiger partial charge >= 0.3 is 0 Å². The summed E-state index contributed by atoms with van der Waals surface area (Å²) in [5.74, 6) is 1.44. The predicted octanol–water partition coefficient (Wildman–Crippen LogP) is 6.66. The number of nitrogens with zero attached hydrogens (tertiary/aromatic N) is 8. The van der Waals surface area contributed by atoms with Crippen molar-refractivity contribution in [3.63, 3.8) is 0 Å². The second-order valence-electron chi connectivity index (χ2n) is 12.4. The summed E-state index contributed by atoms with van der Waals surface area (Å²) >= 11 is 13.0. The normalized spacial score (nSPS) is 11.5. The van der Waals surface area contributed by atoms with E-state index in [1.54, 1.807) is 0 Å². The van der Waals surface area contributed by atoms with E-state index in [4.69, 9.17) is 32.7 Å². The first-order valence-corrected chi connectivity index (χ1v) is 17.0. The number of aryl methyl sites for hydroxylation is 4. The van der Waals surface area contributed by atoms with Gasteiger partial charge in [-0.15, -0.1) is 10.2 Å². The quantitative estimate of drug-likeness (QED) is 0.0945. The molecule has 0 saturated carbocycles. The van der Waals surface area contributed by atoms with E-state index >= 15 is 0 Å². The Morgan fingerprint density at radius 1 is 0.604 bits per heavy atom. The van der Waals surface area contributed by atoms with Gasteiger partial charge in [0, 0.05) is 37.3 Å². The molecule has 0 aliphatic heterocycles. The van der Waals surface area contributed by atoms with Gasteiger partial charge in [-0.25, -0.2) is 0 Å². The smallest absolute Gasteiger partial charge is 0.137 e. The second kappa shape index (κ2) is 17.4. The van der Waals surface area contributed by atoms with E-state index in [9.17, 15) is 0 Å². The van der Waals surface area contributed by atoms with Gasteiger partial charge in [-0.1, -0.05) is 70.0 Å². The number of rotatable bonds is 18. The van der Waals surface area contributed by atoms with E-state index in [1.165, 1.54) is 0 Å². The lowest BCUT2D eigenvalue weighted by Crippen LogP contribution is -2.15. The van der Waals surface area contributed by atoms with Crippen molar-refractivity contribution in [3.8, 4) is 34.0 Å². The van der Waals surface area contributed by atoms with Gasteiger partial charge in [0.15, 0.2) is 0 Å². The Balaban J connectivity index is 1.09. The lowest BCUT2D eigenvalue weighted by Gasteiger charge is -2.12. The van der Waals surface area contributed by atoms with Gasteiger partial charge in [-0.3, -0.25) is 9.36 Å². The highest BCUT2D eigenvalue weighted by Gasteiger charge is 2.10. The third-order valence-corrected chi connectivity index (χ3v) is 8.41. The lowest BCUT2D eigenvalue weighted by molar-refractivity contribution is 0.281. The first-order chi connectivity index (χ1) is 23.2. The molecule has 5 aromatic rings. The third-order valence-electron chi connectivity index (χ3n) is 7.82. The number of hydrogen-bond donors (Lipinski definition) is 0. The summed E-state index contributed by atoms with van der Waals surface area (Å²) in [5, 5.41) is 18.7. The maximum absolute atomic E-state index is 6.48. The molecule has 5 rings (SSSR count). The highest BCUT2D eigenvalue weighted by Crippen LogP contribution is 2.28. The topological polar surface area (TPSA) is 86.4 Å². The molecule has 48 heavy (non-hydrogen) atoms. The second-order valence-corrected chi connectivity index (χ2v) is 13.2. The van der Waals surface area contributed by atoms with E-state index in [1.807, 2.05) is 70.3 Å². The molecule has 2 aromatic heterocycles. The fourth-order valence-electron chi connectivity index (χ4n) is 5.14. The minimum Gasteiger partial charge on any atom is -0.492 e. The van der Waals surface area contributed by atoms with Crippen molar-refractivity contribution in [3.05, 3.63) is 94.2 Å². The van der Waals surface area contributed by atoms with Crippen LogP contribution in [0.2, 0.25) is 10.0 Å². The molecule has 0 amide bonds. The standard InChI is InChI=1S/C36H44Cl2N8O2/c1-43(2)17-5-21-47-35-13-7-27(23-31(35)37)15-19-45-25-33(39-41-45)29-9-11-30(12-10-29)34-26-46(42-40-34)20-16-28-8-14-36(32(38)24-28)48-22-6-18-44(3)4/h7-14,23-26H,5-6,15-22H2,1-4H3. The zero-order chi connectivity index (χ0) is 33.9. The first-order valence-electron chi connectivity index (χ1n) is 16.3. The molecule has 0 unspecified atom stereocenters. The van der Waals surface area contributed by atoms with Crippen LogP contribution < -0.4 is 9.47 Å². The summed E-state index contributed by atoms with van der Waals surface area (Å²) in [6, 6.07) is 20.1. The molecule has 0 fully saturated rings. The number of halogens is 2. The van der Waals surface area contributed by atoms with Crippen LogP contribution in [0, 0.1) is 0 Å². The van der Waals surface area contributed by atoms with E-state index in [0.717, 1.165) is 83.9 Å². The van der Waals surface area contributed by atoms with Crippen LogP contribution in [0.3, 0.4) is 0 Å². The SMILES string of the molecule is CN(C)CCCOc1ccc(CCn2cc(-c3ccc(-c4cn(CCc5ccc(OCCCN(C)C)c(Cl)c5)nn4)cc3)nn2)cc1Cl. The van der Waals surface area contributed by atoms with Crippen LogP contribution >= 0.6 is 23.2 Å². The molecular weight excluding hydrogens is 647 g/mol. The van der Waals surface area contributed by atoms with Crippen LogP contribution in [0.1, 0.15) is 24.0 Å².